The molecule has 0 saturated heterocycles. The van der Waals surface area contributed by atoms with Gasteiger partial charge in [-0.05, 0) is 12.1 Å². The zero-order chi connectivity index (χ0) is 13.0. The topological polar surface area (TPSA) is 39.2 Å². The molecule has 2 aromatic rings. The highest BCUT2D eigenvalue weighted by molar-refractivity contribution is 6.33. The third-order valence-electron chi connectivity index (χ3n) is 2.30. The van der Waals surface area contributed by atoms with E-state index in [0.717, 1.165) is 11.6 Å². The van der Waals surface area contributed by atoms with E-state index in [1.807, 2.05) is 6.07 Å². The van der Waals surface area contributed by atoms with Gasteiger partial charge in [0.1, 0.15) is 6.61 Å². The quantitative estimate of drug-likeness (QED) is 0.797. The van der Waals surface area contributed by atoms with E-state index < -0.39 is 5.82 Å². The molecule has 0 atom stereocenters. The molecule has 0 bridgehead atoms. The van der Waals surface area contributed by atoms with Gasteiger partial charge in [-0.25, -0.2) is 4.39 Å². The molecule has 1 aromatic heterocycles. The van der Waals surface area contributed by atoms with Crippen molar-refractivity contribution in [2.24, 2.45) is 0 Å². The third-order valence-corrected chi connectivity index (χ3v) is 2.62. The van der Waals surface area contributed by atoms with Crippen LogP contribution in [0.3, 0.4) is 0 Å². The fourth-order valence-electron chi connectivity index (χ4n) is 1.39. The minimum atomic E-state index is -0.620. The molecule has 0 amide bonds. The summed E-state index contributed by atoms with van der Waals surface area (Å²) in [6.45, 7) is 0.182. The number of ether oxygens (including phenoxy) is 1. The lowest BCUT2D eigenvalue weighted by Crippen LogP contribution is -1.99. The molecular weight excluding hydrogens is 257 g/mol. The number of halogens is 2. The molecule has 1 heterocycles. The SMILES string of the molecule is O=Cc1cc(F)c(OCc2cccnc2)cc1Cl. The largest absolute Gasteiger partial charge is 0.486 e. The molecule has 0 aliphatic heterocycles. The summed E-state index contributed by atoms with van der Waals surface area (Å²) in [7, 11) is 0. The lowest BCUT2D eigenvalue weighted by Gasteiger charge is -2.08. The molecule has 0 N–H and O–H groups in total. The van der Waals surface area contributed by atoms with E-state index in [9.17, 15) is 9.18 Å². The highest BCUT2D eigenvalue weighted by Crippen LogP contribution is 2.25. The van der Waals surface area contributed by atoms with Gasteiger partial charge in [0, 0.05) is 29.6 Å². The Morgan fingerprint density at radius 3 is 2.94 bits per heavy atom. The summed E-state index contributed by atoms with van der Waals surface area (Å²) in [4.78, 5) is 14.5. The summed E-state index contributed by atoms with van der Waals surface area (Å²) < 4.78 is 18.8. The second-order valence-electron chi connectivity index (χ2n) is 3.57. The first kappa shape index (κ1) is 12.5. The van der Waals surface area contributed by atoms with Crippen LogP contribution in [-0.4, -0.2) is 11.3 Å². The van der Waals surface area contributed by atoms with Gasteiger partial charge in [0.25, 0.3) is 0 Å². The van der Waals surface area contributed by atoms with Crippen LogP contribution in [0.1, 0.15) is 15.9 Å². The number of hydrogen-bond acceptors (Lipinski definition) is 3. The van der Waals surface area contributed by atoms with Gasteiger partial charge < -0.3 is 4.74 Å². The Balaban J connectivity index is 2.15. The zero-order valence-corrected chi connectivity index (χ0v) is 10.0. The molecule has 0 unspecified atom stereocenters. The Kier molecular flexibility index (Phi) is 3.89. The van der Waals surface area contributed by atoms with E-state index in [1.54, 1.807) is 18.5 Å². The molecule has 2 rings (SSSR count). The Morgan fingerprint density at radius 1 is 1.44 bits per heavy atom. The molecule has 0 radical (unpaired) electrons. The summed E-state index contributed by atoms with van der Waals surface area (Å²) in [5, 5.41) is 0.160. The standard InChI is InChI=1S/C13H9ClFNO2/c14-11-5-13(12(15)4-10(11)7-17)18-8-9-2-1-3-16-6-9/h1-7H,8H2. The average molecular weight is 266 g/mol. The van der Waals surface area contributed by atoms with Crippen LogP contribution in [0.15, 0.2) is 36.7 Å². The summed E-state index contributed by atoms with van der Waals surface area (Å²) in [6.07, 6.45) is 3.76. The first-order valence-electron chi connectivity index (χ1n) is 5.16. The van der Waals surface area contributed by atoms with E-state index in [0.29, 0.717) is 6.29 Å². The first-order chi connectivity index (χ1) is 8.70. The number of nitrogens with zero attached hydrogens (tertiary/aromatic N) is 1. The van der Waals surface area contributed by atoms with Crippen LogP contribution in [0.2, 0.25) is 5.02 Å². The summed E-state index contributed by atoms with van der Waals surface area (Å²) in [5.41, 5.74) is 0.912. The van der Waals surface area contributed by atoms with Crippen LogP contribution in [0.4, 0.5) is 4.39 Å². The maximum Gasteiger partial charge on any atom is 0.165 e. The lowest BCUT2D eigenvalue weighted by atomic mass is 10.2. The Labute approximate surface area is 108 Å². The second kappa shape index (κ2) is 5.60. The van der Waals surface area contributed by atoms with Crippen LogP contribution in [-0.2, 0) is 6.61 Å². The van der Waals surface area contributed by atoms with Crippen LogP contribution in [0.25, 0.3) is 0 Å². The molecule has 0 aliphatic rings. The van der Waals surface area contributed by atoms with Crippen molar-refractivity contribution >= 4 is 17.9 Å². The molecule has 0 spiro atoms. The number of pyridine rings is 1. The number of carbonyl (C=O) groups is 1. The molecule has 0 aliphatic carbocycles. The van der Waals surface area contributed by atoms with E-state index in [1.165, 1.54) is 6.07 Å². The Hall–Kier alpha value is -1.94. The van der Waals surface area contributed by atoms with Gasteiger partial charge in [0.15, 0.2) is 17.9 Å². The van der Waals surface area contributed by atoms with Crippen LogP contribution >= 0.6 is 11.6 Å². The highest BCUT2D eigenvalue weighted by Gasteiger charge is 2.09. The minimum Gasteiger partial charge on any atom is -0.486 e. The normalized spacial score (nSPS) is 10.1. The minimum absolute atomic E-state index is 0.00875. The van der Waals surface area contributed by atoms with Gasteiger partial charge in [-0.1, -0.05) is 17.7 Å². The average Bonchev–Trinajstić information content (AvgIpc) is 2.40. The molecule has 3 nitrogen and oxygen atoms in total. The monoisotopic (exact) mass is 265 g/mol. The third kappa shape index (κ3) is 2.84. The van der Waals surface area contributed by atoms with Crippen molar-refractivity contribution in [1.82, 2.24) is 4.98 Å². The fraction of sp³-hybridized carbons (Fsp3) is 0.0769. The highest BCUT2D eigenvalue weighted by atomic mass is 35.5. The van der Waals surface area contributed by atoms with E-state index >= 15 is 0 Å². The molecule has 1 aromatic carbocycles. The van der Waals surface area contributed by atoms with Gasteiger partial charge in [0.05, 0.1) is 5.02 Å². The summed E-state index contributed by atoms with van der Waals surface area (Å²) in [6, 6.07) is 5.91. The lowest BCUT2D eigenvalue weighted by molar-refractivity contribution is 0.112. The maximum absolute atomic E-state index is 13.6. The number of hydrogen-bond donors (Lipinski definition) is 0. The van der Waals surface area contributed by atoms with Gasteiger partial charge in [-0.2, -0.15) is 0 Å². The van der Waals surface area contributed by atoms with Crippen LogP contribution in [0.5, 0.6) is 5.75 Å². The van der Waals surface area contributed by atoms with Gasteiger partial charge in [0.2, 0.25) is 0 Å². The number of benzene rings is 1. The van der Waals surface area contributed by atoms with Crippen molar-refractivity contribution in [1.29, 1.82) is 0 Å². The fourth-order valence-corrected chi connectivity index (χ4v) is 1.59. The van der Waals surface area contributed by atoms with Crippen LogP contribution < -0.4 is 4.74 Å². The predicted molar refractivity (Wildman–Crippen MR) is 65.4 cm³/mol. The molecule has 92 valence electrons. The van der Waals surface area contributed by atoms with E-state index in [2.05, 4.69) is 4.98 Å². The molecule has 0 saturated carbocycles. The second-order valence-corrected chi connectivity index (χ2v) is 3.98. The number of rotatable bonds is 4. The first-order valence-corrected chi connectivity index (χ1v) is 5.54. The summed E-state index contributed by atoms with van der Waals surface area (Å²) in [5.74, 6) is -0.611. The van der Waals surface area contributed by atoms with Crippen molar-refractivity contribution in [3.8, 4) is 5.75 Å². The van der Waals surface area contributed by atoms with Gasteiger partial charge in [-0.15, -0.1) is 0 Å². The van der Waals surface area contributed by atoms with Gasteiger partial charge >= 0.3 is 0 Å². The maximum atomic E-state index is 13.6. The van der Waals surface area contributed by atoms with Crippen LogP contribution in [0, 0.1) is 5.82 Å². The van der Waals surface area contributed by atoms with Gasteiger partial charge in [-0.3, -0.25) is 9.78 Å². The molecular formula is C13H9ClFNO2. The van der Waals surface area contributed by atoms with Crippen molar-refractivity contribution < 1.29 is 13.9 Å². The molecule has 0 fully saturated rings. The number of aromatic nitrogens is 1. The smallest absolute Gasteiger partial charge is 0.165 e. The molecule has 18 heavy (non-hydrogen) atoms. The van der Waals surface area contributed by atoms with E-state index in [-0.39, 0.29) is 22.9 Å². The van der Waals surface area contributed by atoms with Crippen molar-refractivity contribution in [2.45, 2.75) is 6.61 Å². The van der Waals surface area contributed by atoms with Crippen molar-refractivity contribution in [3.63, 3.8) is 0 Å². The predicted octanol–water partition coefficient (Wildman–Crippen LogP) is 3.27. The number of aldehydes is 1. The Morgan fingerprint density at radius 2 is 2.28 bits per heavy atom. The summed E-state index contributed by atoms with van der Waals surface area (Å²) >= 11 is 5.79. The van der Waals surface area contributed by atoms with Crippen molar-refractivity contribution in [3.05, 3.63) is 58.6 Å². The zero-order valence-electron chi connectivity index (χ0n) is 9.27. The Bertz CT molecular complexity index is 560. The van der Waals surface area contributed by atoms with Crippen molar-refractivity contribution in [2.75, 3.05) is 0 Å². The van der Waals surface area contributed by atoms with E-state index in [4.69, 9.17) is 16.3 Å². The number of carbonyl (C=O) groups excluding carboxylic acids is 1. The molecule has 5 heteroatoms.